The Labute approximate surface area is 126 Å². The highest BCUT2D eigenvalue weighted by Gasteiger charge is 2.20. The molecule has 0 fully saturated rings. The van der Waals surface area contributed by atoms with Gasteiger partial charge in [0.2, 0.25) is 0 Å². The van der Waals surface area contributed by atoms with Crippen molar-refractivity contribution < 1.29 is 14.3 Å². The summed E-state index contributed by atoms with van der Waals surface area (Å²) in [4.78, 5) is 12.3. The average molecular weight is 294 g/mol. The average Bonchev–Trinajstić information content (AvgIpc) is 2.50. The number of carbonyl (C=O) groups is 1. The van der Waals surface area contributed by atoms with E-state index in [0.29, 0.717) is 30.2 Å². The molecule has 0 radical (unpaired) electrons. The van der Waals surface area contributed by atoms with E-state index in [1.165, 1.54) is 0 Å². The normalized spacial score (nSPS) is 11.1. The summed E-state index contributed by atoms with van der Waals surface area (Å²) in [7, 11) is 3.11. The van der Waals surface area contributed by atoms with Crippen LogP contribution in [0.25, 0.3) is 0 Å². The van der Waals surface area contributed by atoms with Gasteiger partial charge in [0, 0.05) is 6.54 Å². The molecule has 0 unspecified atom stereocenters. The Balaban J connectivity index is 2.75. The van der Waals surface area contributed by atoms with Crippen LogP contribution >= 0.6 is 0 Å². The predicted octanol–water partition coefficient (Wildman–Crippen LogP) is 2.20. The van der Waals surface area contributed by atoms with Gasteiger partial charge in [-0.15, -0.1) is 0 Å². The first-order valence-corrected chi connectivity index (χ1v) is 7.14. The van der Waals surface area contributed by atoms with E-state index in [1.807, 2.05) is 0 Å². The lowest BCUT2D eigenvalue weighted by molar-refractivity contribution is 0.0931. The number of amides is 1. The van der Waals surface area contributed by atoms with Crippen molar-refractivity contribution in [1.29, 1.82) is 0 Å². The van der Waals surface area contributed by atoms with E-state index in [4.69, 9.17) is 15.2 Å². The predicted molar refractivity (Wildman–Crippen MR) is 83.9 cm³/mol. The van der Waals surface area contributed by atoms with Gasteiger partial charge < -0.3 is 20.5 Å². The van der Waals surface area contributed by atoms with Crippen molar-refractivity contribution in [2.75, 3.05) is 27.3 Å². The number of methoxy groups -OCH3 is 2. The number of rotatable bonds is 8. The SMILES string of the molecule is COc1ccc(OC)c(C(=O)NCC(C)(C)CCCN)c1. The maximum Gasteiger partial charge on any atom is 0.255 e. The van der Waals surface area contributed by atoms with Crippen molar-refractivity contribution in [2.24, 2.45) is 11.1 Å². The zero-order valence-electron chi connectivity index (χ0n) is 13.4. The lowest BCUT2D eigenvalue weighted by Gasteiger charge is -2.25. The number of nitrogens with one attached hydrogen (secondary N) is 1. The Bertz CT molecular complexity index is 473. The minimum Gasteiger partial charge on any atom is -0.497 e. The summed E-state index contributed by atoms with van der Waals surface area (Å²) in [5.41, 5.74) is 6.03. The van der Waals surface area contributed by atoms with Gasteiger partial charge in [0.25, 0.3) is 5.91 Å². The zero-order valence-corrected chi connectivity index (χ0v) is 13.4. The smallest absolute Gasteiger partial charge is 0.255 e. The summed E-state index contributed by atoms with van der Waals surface area (Å²) >= 11 is 0. The van der Waals surface area contributed by atoms with Gasteiger partial charge in [0.1, 0.15) is 11.5 Å². The quantitative estimate of drug-likeness (QED) is 0.771. The third-order valence-corrected chi connectivity index (χ3v) is 3.44. The topological polar surface area (TPSA) is 73.6 Å². The standard InChI is InChI=1S/C16H26N2O3/c1-16(2,8-5-9-17)11-18-15(19)13-10-12(20-3)6-7-14(13)21-4/h6-7,10H,5,8-9,11,17H2,1-4H3,(H,18,19). The minimum absolute atomic E-state index is 0.0150. The van der Waals surface area contributed by atoms with Crippen LogP contribution in [0.5, 0.6) is 11.5 Å². The number of hydrogen-bond acceptors (Lipinski definition) is 4. The first-order valence-electron chi connectivity index (χ1n) is 7.14. The lowest BCUT2D eigenvalue weighted by Crippen LogP contribution is -2.34. The van der Waals surface area contributed by atoms with Gasteiger partial charge in [-0.3, -0.25) is 4.79 Å². The van der Waals surface area contributed by atoms with Gasteiger partial charge in [-0.25, -0.2) is 0 Å². The van der Waals surface area contributed by atoms with Crippen molar-refractivity contribution in [3.8, 4) is 11.5 Å². The Morgan fingerprint density at radius 1 is 1.29 bits per heavy atom. The fraction of sp³-hybridized carbons (Fsp3) is 0.562. The highest BCUT2D eigenvalue weighted by Crippen LogP contribution is 2.25. The number of nitrogens with two attached hydrogens (primary N) is 1. The van der Waals surface area contributed by atoms with E-state index in [1.54, 1.807) is 32.4 Å². The van der Waals surface area contributed by atoms with E-state index >= 15 is 0 Å². The monoisotopic (exact) mass is 294 g/mol. The third-order valence-electron chi connectivity index (χ3n) is 3.44. The first kappa shape index (κ1) is 17.3. The molecule has 0 aliphatic rings. The van der Waals surface area contributed by atoms with Crippen LogP contribution in [0.1, 0.15) is 37.0 Å². The lowest BCUT2D eigenvalue weighted by atomic mass is 9.87. The van der Waals surface area contributed by atoms with Crippen LogP contribution in [0, 0.1) is 5.41 Å². The fourth-order valence-corrected chi connectivity index (χ4v) is 2.08. The van der Waals surface area contributed by atoms with E-state index in [2.05, 4.69) is 19.2 Å². The first-order chi connectivity index (χ1) is 9.93. The van der Waals surface area contributed by atoms with Gasteiger partial charge in [0.15, 0.2) is 0 Å². The molecule has 1 aromatic rings. The molecule has 1 amide bonds. The molecule has 5 nitrogen and oxygen atoms in total. The van der Waals surface area contributed by atoms with Crippen LogP contribution < -0.4 is 20.5 Å². The molecule has 5 heteroatoms. The molecule has 0 aromatic heterocycles. The molecule has 0 saturated carbocycles. The summed E-state index contributed by atoms with van der Waals surface area (Å²) in [6.07, 6.45) is 1.92. The number of carbonyl (C=O) groups excluding carboxylic acids is 1. The summed E-state index contributed by atoms with van der Waals surface area (Å²) in [5.74, 6) is 1.00. The van der Waals surface area contributed by atoms with Crippen molar-refractivity contribution in [1.82, 2.24) is 5.32 Å². The molecule has 118 valence electrons. The van der Waals surface area contributed by atoms with Crippen molar-refractivity contribution >= 4 is 5.91 Å². The molecular weight excluding hydrogens is 268 g/mol. The number of benzene rings is 1. The van der Waals surface area contributed by atoms with E-state index < -0.39 is 0 Å². The van der Waals surface area contributed by atoms with Gasteiger partial charge >= 0.3 is 0 Å². The second-order valence-electron chi connectivity index (χ2n) is 5.81. The maximum atomic E-state index is 12.3. The zero-order chi connectivity index (χ0) is 15.9. The summed E-state index contributed by atoms with van der Waals surface area (Å²) in [5, 5.41) is 2.96. The third kappa shape index (κ3) is 5.27. The van der Waals surface area contributed by atoms with Crippen LogP contribution in [-0.4, -0.2) is 33.2 Å². The highest BCUT2D eigenvalue weighted by atomic mass is 16.5. The largest absolute Gasteiger partial charge is 0.497 e. The minimum atomic E-state index is -0.161. The van der Waals surface area contributed by atoms with Crippen LogP contribution in [0.4, 0.5) is 0 Å². The highest BCUT2D eigenvalue weighted by molar-refractivity contribution is 5.97. The summed E-state index contributed by atoms with van der Waals surface area (Å²) < 4.78 is 10.4. The molecule has 0 aliphatic carbocycles. The molecule has 1 rings (SSSR count). The number of ether oxygens (including phenoxy) is 2. The summed E-state index contributed by atoms with van der Waals surface area (Å²) in [6, 6.07) is 5.18. The van der Waals surface area contributed by atoms with Gasteiger partial charge in [0.05, 0.1) is 19.8 Å². The molecule has 0 atom stereocenters. The van der Waals surface area contributed by atoms with Gasteiger partial charge in [-0.05, 0) is 43.0 Å². The molecule has 3 N–H and O–H groups in total. The van der Waals surface area contributed by atoms with Gasteiger partial charge in [-0.2, -0.15) is 0 Å². The van der Waals surface area contributed by atoms with Crippen LogP contribution in [-0.2, 0) is 0 Å². The Morgan fingerprint density at radius 3 is 2.57 bits per heavy atom. The summed E-state index contributed by atoms with van der Waals surface area (Å²) in [6.45, 7) is 5.49. The fourth-order valence-electron chi connectivity index (χ4n) is 2.08. The second kappa shape index (κ2) is 7.88. The molecular formula is C16H26N2O3. The second-order valence-corrected chi connectivity index (χ2v) is 5.81. The van der Waals surface area contributed by atoms with Gasteiger partial charge in [-0.1, -0.05) is 13.8 Å². The molecule has 0 saturated heterocycles. The Hall–Kier alpha value is -1.75. The molecule has 21 heavy (non-hydrogen) atoms. The van der Waals surface area contributed by atoms with Crippen molar-refractivity contribution in [3.05, 3.63) is 23.8 Å². The van der Waals surface area contributed by atoms with E-state index in [-0.39, 0.29) is 11.3 Å². The molecule has 1 aromatic carbocycles. The van der Waals surface area contributed by atoms with Crippen LogP contribution in [0.15, 0.2) is 18.2 Å². The van der Waals surface area contributed by atoms with Crippen LogP contribution in [0.2, 0.25) is 0 Å². The molecule has 0 heterocycles. The maximum absolute atomic E-state index is 12.3. The molecule has 0 spiro atoms. The van der Waals surface area contributed by atoms with Crippen molar-refractivity contribution in [2.45, 2.75) is 26.7 Å². The van der Waals surface area contributed by atoms with E-state index in [0.717, 1.165) is 12.8 Å². The Kier molecular flexibility index (Phi) is 6.49. The molecule has 0 bridgehead atoms. The number of hydrogen-bond donors (Lipinski definition) is 2. The van der Waals surface area contributed by atoms with Crippen molar-refractivity contribution in [3.63, 3.8) is 0 Å². The van der Waals surface area contributed by atoms with E-state index in [9.17, 15) is 4.79 Å². The Morgan fingerprint density at radius 2 is 2.00 bits per heavy atom. The van der Waals surface area contributed by atoms with Crippen LogP contribution in [0.3, 0.4) is 0 Å². The molecule has 0 aliphatic heterocycles.